The molecule has 0 aliphatic carbocycles. The van der Waals surface area contributed by atoms with Crippen LogP contribution in [-0.2, 0) is 10.0 Å². The van der Waals surface area contributed by atoms with Crippen molar-refractivity contribution in [2.75, 3.05) is 20.1 Å². The quantitative estimate of drug-likeness (QED) is 0.850. The van der Waals surface area contributed by atoms with E-state index >= 15 is 0 Å². The van der Waals surface area contributed by atoms with E-state index in [0.717, 1.165) is 16.4 Å². The summed E-state index contributed by atoms with van der Waals surface area (Å²) in [7, 11) is -2.68. The molecule has 106 valence electrons. The number of halogens is 2. The van der Waals surface area contributed by atoms with E-state index in [0.29, 0.717) is 13.1 Å². The van der Waals surface area contributed by atoms with Gasteiger partial charge in [-0.1, -0.05) is 11.6 Å². The predicted molar refractivity (Wildman–Crippen MR) is 69.0 cm³/mol. The highest BCUT2D eigenvalue weighted by molar-refractivity contribution is 7.89. The lowest BCUT2D eigenvalue weighted by Gasteiger charge is -2.25. The molecule has 1 heterocycles. The minimum absolute atomic E-state index is 0.127. The van der Waals surface area contributed by atoms with E-state index in [1.165, 1.54) is 13.1 Å². The number of nitrogens with one attached hydrogen (secondary N) is 1. The molecule has 0 spiro atoms. The topological polar surface area (TPSA) is 69.6 Å². The number of hydrogen-bond donors (Lipinski definition) is 2. The molecule has 0 aromatic heterocycles. The zero-order chi connectivity index (χ0) is 14.2. The SMILES string of the molecule is CN([C@H]1CNC[C@@H]1O)S(=O)(=O)c1ccc(Cl)cc1F. The van der Waals surface area contributed by atoms with Gasteiger partial charge in [-0.05, 0) is 18.2 Å². The molecule has 0 radical (unpaired) electrons. The van der Waals surface area contributed by atoms with Crippen LogP contribution < -0.4 is 5.32 Å². The molecule has 1 aliphatic heterocycles. The second-order valence-corrected chi connectivity index (χ2v) is 6.79. The molecule has 2 N–H and O–H groups in total. The molecule has 0 amide bonds. The summed E-state index contributed by atoms with van der Waals surface area (Å²) in [6.07, 6.45) is -0.810. The van der Waals surface area contributed by atoms with E-state index in [1.807, 2.05) is 0 Å². The molecule has 1 aliphatic rings. The first-order valence-electron chi connectivity index (χ1n) is 5.66. The number of β-amino-alcohol motifs (C(OH)–C–C–N with tert-alkyl or cyclic N) is 1. The number of rotatable bonds is 3. The number of nitrogens with zero attached hydrogens (tertiary/aromatic N) is 1. The molecule has 0 saturated carbocycles. The number of hydrogen-bond acceptors (Lipinski definition) is 4. The number of aliphatic hydroxyl groups excluding tert-OH is 1. The Kier molecular flexibility index (Phi) is 4.12. The van der Waals surface area contributed by atoms with Crippen molar-refractivity contribution < 1.29 is 17.9 Å². The molecule has 19 heavy (non-hydrogen) atoms. The Morgan fingerprint density at radius 1 is 1.47 bits per heavy atom. The van der Waals surface area contributed by atoms with E-state index in [1.54, 1.807) is 0 Å². The standard InChI is InChI=1S/C11H14ClFN2O3S/c1-15(9-5-14-6-10(9)16)19(17,18)11-3-2-7(12)4-8(11)13/h2-4,9-10,14,16H,5-6H2,1H3/t9-,10-/m0/s1. The van der Waals surface area contributed by atoms with Gasteiger partial charge in [0.05, 0.1) is 12.1 Å². The number of sulfonamides is 1. The average Bonchev–Trinajstić information content (AvgIpc) is 2.73. The van der Waals surface area contributed by atoms with Gasteiger partial charge in [0.25, 0.3) is 0 Å². The molecule has 1 aromatic carbocycles. The summed E-state index contributed by atoms with van der Waals surface area (Å²) >= 11 is 5.60. The van der Waals surface area contributed by atoms with Crippen LogP contribution in [0.3, 0.4) is 0 Å². The van der Waals surface area contributed by atoms with Gasteiger partial charge in [0.15, 0.2) is 0 Å². The first-order chi connectivity index (χ1) is 8.84. The third kappa shape index (κ3) is 2.75. The Bertz CT molecular complexity index is 581. The summed E-state index contributed by atoms with van der Waals surface area (Å²) in [5, 5.41) is 12.7. The van der Waals surface area contributed by atoms with Gasteiger partial charge in [-0.3, -0.25) is 0 Å². The van der Waals surface area contributed by atoms with Gasteiger partial charge in [-0.2, -0.15) is 4.31 Å². The van der Waals surface area contributed by atoms with Crippen molar-refractivity contribution >= 4 is 21.6 Å². The van der Waals surface area contributed by atoms with Gasteiger partial charge in [0, 0.05) is 25.2 Å². The van der Waals surface area contributed by atoms with E-state index < -0.39 is 32.9 Å². The van der Waals surface area contributed by atoms with E-state index in [9.17, 15) is 17.9 Å². The van der Waals surface area contributed by atoms with Crippen LogP contribution in [-0.4, -0.2) is 50.1 Å². The van der Waals surface area contributed by atoms with Crippen molar-refractivity contribution in [1.82, 2.24) is 9.62 Å². The average molecular weight is 309 g/mol. The highest BCUT2D eigenvalue weighted by Gasteiger charge is 2.36. The zero-order valence-corrected chi connectivity index (χ0v) is 11.7. The molecule has 0 unspecified atom stereocenters. The highest BCUT2D eigenvalue weighted by Crippen LogP contribution is 2.24. The fourth-order valence-electron chi connectivity index (χ4n) is 2.04. The lowest BCUT2D eigenvalue weighted by molar-refractivity contribution is 0.136. The van der Waals surface area contributed by atoms with Crippen LogP contribution in [0.15, 0.2) is 23.1 Å². The molecular formula is C11H14ClFN2O3S. The first kappa shape index (κ1) is 14.7. The van der Waals surface area contributed by atoms with E-state index in [-0.39, 0.29) is 5.02 Å². The summed E-state index contributed by atoms with van der Waals surface area (Å²) in [6, 6.07) is 2.78. The maximum absolute atomic E-state index is 13.7. The van der Waals surface area contributed by atoms with Crippen molar-refractivity contribution in [3.8, 4) is 0 Å². The Morgan fingerprint density at radius 2 is 2.16 bits per heavy atom. The third-order valence-corrected chi connectivity index (χ3v) is 5.32. The van der Waals surface area contributed by atoms with Crippen molar-refractivity contribution in [3.63, 3.8) is 0 Å². The molecule has 1 aromatic rings. The maximum atomic E-state index is 13.7. The smallest absolute Gasteiger partial charge is 0.246 e. The minimum atomic E-state index is -4.00. The zero-order valence-electron chi connectivity index (χ0n) is 10.2. The molecule has 2 rings (SSSR count). The summed E-state index contributed by atoms with van der Waals surface area (Å²) < 4.78 is 39.3. The van der Waals surface area contributed by atoms with Crippen molar-refractivity contribution in [2.24, 2.45) is 0 Å². The fraction of sp³-hybridized carbons (Fsp3) is 0.455. The lowest BCUT2D eigenvalue weighted by Crippen LogP contribution is -2.44. The number of benzene rings is 1. The number of aliphatic hydroxyl groups is 1. The summed E-state index contributed by atoms with van der Waals surface area (Å²) in [6.45, 7) is 0.639. The van der Waals surface area contributed by atoms with E-state index in [4.69, 9.17) is 11.6 Å². The summed E-state index contributed by atoms with van der Waals surface area (Å²) in [5.41, 5.74) is 0. The first-order valence-corrected chi connectivity index (χ1v) is 7.47. The second-order valence-electron chi connectivity index (χ2n) is 4.39. The molecule has 5 nitrogen and oxygen atoms in total. The molecule has 8 heteroatoms. The van der Waals surface area contributed by atoms with Crippen LogP contribution in [0.1, 0.15) is 0 Å². The van der Waals surface area contributed by atoms with Crippen LogP contribution in [0.25, 0.3) is 0 Å². The lowest BCUT2D eigenvalue weighted by atomic mass is 10.2. The van der Waals surface area contributed by atoms with Crippen LogP contribution in [0, 0.1) is 5.82 Å². The van der Waals surface area contributed by atoms with Gasteiger partial charge in [0.1, 0.15) is 10.7 Å². The van der Waals surface area contributed by atoms with Gasteiger partial charge >= 0.3 is 0 Å². The fourth-order valence-corrected chi connectivity index (χ4v) is 3.63. The van der Waals surface area contributed by atoms with E-state index in [2.05, 4.69) is 5.32 Å². The molecule has 1 saturated heterocycles. The van der Waals surface area contributed by atoms with Crippen molar-refractivity contribution in [3.05, 3.63) is 29.0 Å². The predicted octanol–water partition coefficient (Wildman–Crippen LogP) is 0.432. The molecule has 2 atom stereocenters. The van der Waals surface area contributed by atoms with Crippen LogP contribution in [0.5, 0.6) is 0 Å². The van der Waals surface area contributed by atoms with Crippen molar-refractivity contribution in [2.45, 2.75) is 17.0 Å². The Balaban J connectivity index is 2.36. The summed E-state index contributed by atoms with van der Waals surface area (Å²) in [5.74, 6) is -0.903. The molecule has 0 bridgehead atoms. The molecule has 1 fully saturated rings. The number of likely N-dealkylation sites (N-methyl/N-ethyl adjacent to an activating group) is 1. The Morgan fingerprint density at radius 3 is 2.68 bits per heavy atom. The van der Waals surface area contributed by atoms with Crippen LogP contribution in [0.2, 0.25) is 5.02 Å². The maximum Gasteiger partial charge on any atom is 0.246 e. The van der Waals surface area contributed by atoms with Gasteiger partial charge in [0.2, 0.25) is 10.0 Å². The second kappa shape index (κ2) is 5.34. The minimum Gasteiger partial charge on any atom is -0.390 e. The normalized spacial score (nSPS) is 24.1. The third-order valence-electron chi connectivity index (χ3n) is 3.17. The van der Waals surface area contributed by atoms with Gasteiger partial charge in [-0.25, -0.2) is 12.8 Å². The van der Waals surface area contributed by atoms with Crippen molar-refractivity contribution in [1.29, 1.82) is 0 Å². The Labute approximate surface area is 116 Å². The monoisotopic (exact) mass is 308 g/mol. The van der Waals surface area contributed by atoms with Gasteiger partial charge < -0.3 is 10.4 Å². The van der Waals surface area contributed by atoms with Gasteiger partial charge in [-0.15, -0.1) is 0 Å². The van der Waals surface area contributed by atoms with Crippen LogP contribution in [0.4, 0.5) is 4.39 Å². The summed E-state index contributed by atoms with van der Waals surface area (Å²) in [4.78, 5) is -0.446. The highest BCUT2D eigenvalue weighted by atomic mass is 35.5. The molecular weight excluding hydrogens is 295 g/mol. The van der Waals surface area contributed by atoms with Crippen LogP contribution >= 0.6 is 11.6 Å². The largest absolute Gasteiger partial charge is 0.390 e. The Hall–Kier alpha value is -0.730.